The second kappa shape index (κ2) is 2.70. The van der Waals surface area contributed by atoms with Gasteiger partial charge in [-0.3, -0.25) is 0 Å². The lowest BCUT2D eigenvalue weighted by Gasteiger charge is -2.34. The monoisotopic (exact) mass is 143 g/mol. The molecule has 0 bridgehead atoms. The van der Waals surface area contributed by atoms with Crippen molar-refractivity contribution in [3.63, 3.8) is 0 Å². The molecule has 1 aliphatic heterocycles. The smallest absolute Gasteiger partial charge is 0.139 e. The van der Waals surface area contributed by atoms with Crippen LogP contribution in [0.3, 0.4) is 0 Å². The van der Waals surface area contributed by atoms with E-state index < -0.39 is 5.67 Å². The molecule has 0 atom stereocenters. The van der Waals surface area contributed by atoms with Crippen LogP contribution in [0.25, 0.3) is 0 Å². The predicted molar refractivity (Wildman–Crippen MR) is 40.8 cm³/mol. The van der Waals surface area contributed by atoms with E-state index in [1.54, 1.807) is 0 Å². The van der Waals surface area contributed by atoms with E-state index in [-0.39, 0.29) is 0 Å². The molecule has 0 aromatic carbocycles. The van der Waals surface area contributed by atoms with Gasteiger partial charge in [0.05, 0.1) is 0 Å². The van der Waals surface area contributed by atoms with E-state index in [9.17, 15) is 4.39 Å². The van der Waals surface area contributed by atoms with Gasteiger partial charge in [-0.2, -0.15) is 0 Å². The third kappa shape index (κ3) is 1.81. The van der Waals surface area contributed by atoms with Gasteiger partial charge < -0.3 is 5.32 Å². The van der Waals surface area contributed by atoms with E-state index >= 15 is 0 Å². The Labute approximate surface area is 61.3 Å². The summed E-state index contributed by atoms with van der Waals surface area (Å²) in [5.41, 5.74) is 0.265. The normalized spacial score (nSPS) is 21.5. The third-order valence-corrected chi connectivity index (χ3v) is 1.76. The lowest BCUT2D eigenvalue weighted by Crippen LogP contribution is -2.55. The van der Waals surface area contributed by atoms with Crippen molar-refractivity contribution in [3.05, 3.63) is 11.6 Å². The van der Waals surface area contributed by atoms with Crippen LogP contribution in [-0.4, -0.2) is 18.8 Å². The highest BCUT2D eigenvalue weighted by atomic mass is 19.1. The van der Waals surface area contributed by atoms with Crippen molar-refractivity contribution in [1.29, 1.82) is 0 Å². The second-order valence-corrected chi connectivity index (χ2v) is 3.24. The van der Waals surface area contributed by atoms with Crippen molar-refractivity contribution in [2.75, 3.05) is 13.1 Å². The van der Waals surface area contributed by atoms with Gasteiger partial charge in [0, 0.05) is 19.5 Å². The molecule has 1 fully saturated rings. The molecule has 0 spiro atoms. The zero-order valence-electron chi connectivity index (χ0n) is 6.58. The van der Waals surface area contributed by atoms with Crippen LogP contribution in [0.15, 0.2) is 11.6 Å². The van der Waals surface area contributed by atoms with E-state index in [4.69, 9.17) is 0 Å². The molecule has 0 radical (unpaired) electrons. The Balaban J connectivity index is 2.31. The Kier molecular flexibility index (Phi) is 2.09. The van der Waals surface area contributed by atoms with Crippen molar-refractivity contribution in [2.45, 2.75) is 25.9 Å². The first-order valence-corrected chi connectivity index (χ1v) is 3.65. The molecule has 2 heteroatoms. The fourth-order valence-corrected chi connectivity index (χ4v) is 0.928. The van der Waals surface area contributed by atoms with Gasteiger partial charge in [-0.25, -0.2) is 4.39 Å². The quantitative estimate of drug-likeness (QED) is 0.580. The Bertz CT molecular complexity index is 143. The SMILES string of the molecule is CC(C)=CCC1(F)CNC1. The van der Waals surface area contributed by atoms with Gasteiger partial charge in [0.1, 0.15) is 5.67 Å². The fraction of sp³-hybridized carbons (Fsp3) is 0.750. The Hall–Kier alpha value is -0.370. The molecule has 1 rings (SSSR count). The van der Waals surface area contributed by atoms with Crippen LogP contribution >= 0.6 is 0 Å². The highest BCUT2D eigenvalue weighted by Gasteiger charge is 2.35. The molecule has 1 aliphatic rings. The molecule has 0 aliphatic carbocycles. The first kappa shape index (κ1) is 7.73. The Morgan fingerprint density at radius 3 is 2.50 bits per heavy atom. The molecule has 0 unspecified atom stereocenters. The molecule has 0 saturated carbocycles. The van der Waals surface area contributed by atoms with Crippen molar-refractivity contribution in [3.8, 4) is 0 Å². The van der Waals surface area contributed by atoms with E-state index in [0.717, 1.165) is 0 Å². The average molecular weight is 143 g/mol. The van der Waals surface area contributed by atoms with Crippen molar-refractivity contribution in [2.24, 2.45) is 0 Å². The van der Waals surface area contributed by atoms with E-state index in [1.807, 2.05) is 19.9 Å². The summed E-state index contributed by atoms with van der Waals surface area (Å²) in [5, 5.41) is 2.92. The van der Waals surface area contributed by atoms with Gasteiger partial charge >= 0.3 is 0 Å². The summed E-state index contributed by atoms with van der Waals surface area (Å²) in [6, 6.07) is 0. The average Bonchev–Trinajstić information content (AvgIpc) is 1.79. The molecule has 1 N–H and O–H groups in total. The van der Waals surface area contributed by atoms with E-state index in [1.165, 1.54) is 5.57 Å². The van der Waals surface area contributed by atoms with Gasteiger partial charge in [0.2, 0.25) is 0 Å². The van der Waals surface area contributed by atoms with Crippen LogP contribution < -0.4 is 5.32 Å². The van der Waals surface area contributed by atoms with Crippen LogP contribution in [0.1, 0.15) is 20.3 Å². The summed E-state index contributed by atoms with van der Waals surface area (Å²) in [6.45, 7) is 5.04. The van der Waals surface area contributed by atoms with Gasteiger partial charge in [-0.15, -0.1) is 0 Å². The molecule has 10 heavy (non-hydrogen) atoms. The second-order valence-electron chi connectivity index (χ2n) is 3.24. The number of hydrogen-bond acceptors (Lipinski definition) is 1. The zero-order chi connectivity index (χ0) is 7.61. The van der Waals surface area contributed by atoms with Crippen molar-refractivity contribution < 1.29 is 4.39 Å². The molecule has 1 nitrogen and oxygen atoms in total. The molecule has 58 valence electrons. The number of hydrogen-bond donors (Lipinski definition) is 1. The minimum Gasteiger partial charge on any atom is -0.310 e. The fourth-order valence-electron chi connectivity index (χ4n) is 0.928. The summed E-state index contributed by atoms with van der Waals surface area (Å²) < 4.78 is 13.2. The number of halogens is 1. The Morgan fingerprint density at radius 1 is 1.60 bits per heavy atom. The molecular formula is C8H14FN. The molecular weight excluding hydrogens is 129 g/mol. The van der Waals surface area contributed by atoms with Crippen LogP contribution in [0.2, 0.25) is 0 Å². The molecule has 1 saturated heterocycles. The lowest BCUT2D eigenvalue weighted by molar-refractivity contribution is 0.0941. The lowest BCUT2D eigenvalue weighted by atomic mass is 9.94. The van der Waals surface area contributed by atoms with Crippen LogP contribution in [-0.2, 0) is 0 Å². The van der Waals surface area contributed by atoms with Crippen LogP contribution in [0, 0.1) is 0 Å². The first-order chi connectivity index (χ1) is 4.62. The summed E-state index contributed by atoms with van der Waals surface area (Å²) in [4.78, 5) is 0. The largest absolute Gasteiger partial charge is 0.310 e. The maximum absolute atomic E-state index is 13.2. The van der Waals surface area contributed by atoms with Gasteiger partial charge in [-0.1, -0.05) is 11.6 Å². The van der Waals surface area contributed by atoms with Gasteiger partial charge in [0.25, 0.3) is 0 Å². The highest BCUT2D eigenvalue weighted by molar-refractivity contribution is 5.03. The van der Waals surface area contributed by atoms with Crippen molar-refractivity contribution in [1.82, 2.24) is 5.32 Å². The topological polar surface area (TPSA) is 12.0 Å². The van der Waals surface area contributed by atoms with Crippen molar-refractivity contribution >= 4 is 0 Å². The standard InChI is InChI=1S/C8H14FN/c1-7(2)3-4-8(9)5-10-6-8/h3,10H,4-6H2,1-2H3. The molecule has 0 amide bonds. The minimum absolute atomic E-state index is 0.525. The summed E-state index contributed by atoms with van der Waals surface area (Å²) in [6.07, 6.45) is 2.53. The number of nitrogens with one attached hydrogen (secondary N) is 1. The summed E-state index contributed by atoms with van der Waals surface area (Å²) in [7, 11) is 0. The number of allylic oxidation sites excluding steroid dienone is 2. The van der Waals surface area contributed by atoms with Gasteiger partial charge in [0.15, 0.2) is 0 Å². The summed E-state index contributed by atoms with van der Waals surface area (Å²) >= 11 is 0. The van der Waals surface area contributed by atoms with E-state index in [2.05, 4.69) is 5.32 Å². The third-order valence-electron chi connectivity index (χ3n) is 1.76. The highest BCUT2D eigenvalue weighted by Crippen LogP contribution is 2.21. The maximum atomic E-state index is 13.2. The van der Waals surface area contributed by atoms with Crippen LogP contribution in [0.5, 0.6) is 0 Å². The zero-order valence-corrected chi connectivity index (χ0v) is 6.58. The minimum atomic E-state index is -0.933. The van der Waals surface area contributed by atoms with Gasteiger partial charge in [-0.05, 0) is 13.8 Å². The number of rotatable bonds is 2. The van der Waals surface area contributed by atoms with Crippen LogP contribution in [0.4, 0.5) is 4.39 Å². The number of alkyl halides is 1. The first-order valence-electron chi connectivity index (χ1n) is 3.65. The molecule has 1 heterocycles. The maximum Gasteiger partial charge on any atom is 0.139 e. The van der Waals surface area contributed by atoms with E-state index in [0.29, 0.717) is 19.5 Å². The molecule has 0 aromatic heterocycles. The molecule has 0 aromatic rings. The Morgan fingerprint density at radius 2 is 2.20 bits per heavy atom. The summed E-state index contributed by atoms with van der Waals surface area (Å²) in [5.74, 6) is 0. The predicted octanol–water partition coefficient (Wildman–Crippen LogP) is 1.65.